The van der Waals surface area contributed by atoms with Crippen LogP contribution in [-0.4, -0.2) is 24.6 Å². The molecule has 13 heteroatoms. The van der Waals surface area contributed by atoms with Crippen LogP contribution in [0, 0.1) is 12.7 Å². The van der Waals surface area contributed by atoms with Crippen LogP contribution in [0.15, 0.2) is 47.4 Å². The second kappa shape index (κ2) is 7.89. The van der Waals surface area contributed by atoms with Crippen LogP contribution in [0.4, 0.5) is 26.3 Å². The number of sulfonamides is 1. The van der Waals surface area contributed by atoms with Crippen molar-refractivity contribution in [1.82, 2.24) is 9.78 Å². The predicted molar refractivity (Wildman–Crippen MR) is 96.7 cm³/mol. The monoisotopic (exact) mass is 465 g/mol. The van der Waals surface area contributed by atoms with Crippen molar-refractivity contribution in [3.05, 3.63) is 59.5 Å². The molecule has 2 aromatic carbocycles. The number of ether oxygens (including phenoxy) is 1. The molecule has 0 radical (unpaired) electrons. The number of aromatic nitrogens is 2. The summed E-state index contributed by atoms with van der Waals surface area (Å²) in [6.07, 6.45) is -7.92. The van der Waals surface area contributed by atoms with Crippen molar-refractivity contribution in [1.29, 1.82) is 0 Å². The zero-order valence-corrected chi connectivity index (χ0v) is 16.3. The highest BCUT2D eigenvalue weighted by Gasteiger charge is 2.32. The first-order valence-electron chi connectivity index (χ1n) is 8.34. The molecule has 1 heterocycles. The lowest BCUT2D eigenvalue weighted by atomic mass is 10.1. The van der Waals surface area contributed by atoms with Gasteiger partial charge in [0.15, 0.2) is 0 Å². The Labute approximate surface area is 171 Å². The first-order chi connectivity index (χ1) is 14.3. The van der Waals surface area contributed by atoms with Gasteiger partial charge in [-0.2, -0.15) is 5.10 Å². The molecule has 6 nitrogen and oxygen atoms in total. The number of hydrogen-bond acceptors (Lipinski definition) is 4. The summed E-state index contributed by atoms with van der Waals surface area (Å²) in [7, 11) is -4.35. The normalized spacial score (nSPS) is 12.4. The van der Waals surface area contributed by atoms with Gasteiger partial charge in [-0.05, 0) is 48.9 Å². The van der Waals surface area contributed by atoms with E-state index in [1.165, 1.54) is 13.0 Å². The SMILES string of the molecule is Cc1cc(-n2nc(C(F)F)cc2-c2ccc(S(N)(=O)=O)c(F)c2)ccc1OC(F)(F)F. The third kappa shape index (κ3) is 4.99. The number of aryl methyl sites for hydroxylation is 1. The number of halogens is 6. The minimum Gasteiger partial charge on any atom is -0.406 e. The second-order valence-electron chi connectivity index (χ2n) is 6.35. The van der Waals surface area contributed by atoms with Crippen molar-refractivity contribution in [2.24, 2.45) is 5.14 Å². The van der Waals surface area contributed by atoms with E-state index in [0.717, 1.165) is 41.1 Å². The van der Waals surface area contributed by atoms with Crippen LogP contribution in [0.5, 0.6) is 5.75 Å². The van der Waals surface area contributed by atoms with Gasteiger partial charge >= 0.3 is 6.36 Å². The minimum atomic E-state index is -4.92. The molecule has 0 saturated carbocycles. The summed E-state index contributed by atoms with van der Waals surface area (Å²) in [5.41, 5.74) is -0.633. The van der Waals surface area contributed by atoms with Crippen LogP contribution in [0.2, 0.25) is 0 Å². The smallest absolute Gasteiger partial charge is 0.406 e. The Morgan fingerprint density at radius 3 is 2.29 bits per heavy atom. The van der Waals surface area contributed by atoms with Crippen LogP contribution in [0.3, 0.4) is 0 Å². The van der Waals surface area contributed by atoms with E-state index >= 15 is 0 Å². The number of primary sulfonamides is 1. The van der Waals surface area contributed by atoms with Crippen molar-refractivity contribution in [3.8, 4) is 22.7 Å². The van der Waals surface area contributed by atoms with E-state index in [9.17, 15) is 34.8 Å². The Kier molecular flexibility index (Phi) is 5.76. The van der Waals surface area contributed by atoms with Crippen molar-refractivity contribution < 1.29 is 39.5 Å². The van der Waals surface area contributed by atoms with Gasteiger partial charge in [0.2, 0.25) is 10.0 Å². The van der Waals surface area contributed by atoms with Gasteiger partial charge in [0.1, 0.15) is 22.2 Å². The average molecular weight is 465 g/mol. The topological polar surface area (TPSA) is 87.2 Å². The quantitative estimate of drug-likeness (QED) is 0.564. The van der Waals surface area contributed by atoms with Crippen LogP contribution in [-0.2, 0) is 10.0 Å². The Balaban J connectivity index is 2.13. The lowest BCUT2D eigenvalue weighted by molar-refractivity contribution is -0.274. The van der Waals surface area contributed by atoms with E-state index < -0.39 is 45.0 Å². The van der Waals surface area contributed by atoms with Gasteiger partial charge in [-0.1, -0.05) is 6.07 Å². The third-order valence-electron chi connectivity index (χ3n) is 4.11. The Morgan fingerprint density at radius 1 is 1.10 bits per heavy atom. The van der Waals surface area contributed by atoms with Crippen molar-refractivity contribution in [2.75, 3.05) is 0 Å². The number of nitrogens with two attached hydrogens (primary N) is 1. The highest BCUT2D eigenvalue weighted by molar-refractivity contribution is 7.89. The molecule has 31 heavy (non-hydrogen) atoms. The van der Waals surface area contributed by atoms with E-state index in [-0.39, 0.29) is 22.5 Å². The van der Waals surface area contributed by atoms with Gasteiger partial charge < -0.3 is 4.74 Å². The molecule has 0 amide bonds. The van der Waals surface area contributed by atoms with Crippen molar-refractivity contribution in [2.45, 2.75) is 24.6 Å². The van der Waals surface area contributed by atoms with Crippen molar-refractivity contribution in [3.63, 3.8) is 0 Å². The Hall–Kier alpha value is -3.06. The Bertz CT molecular complexity index is 1240. The second-order valence-corrected chi connectivity index (χ2v) is 7.88. The molecular weight excluding hydrogens is 452 g/mol. The lowest BCUT2D eigenvalue weighted by Gasteiger charge is -2.14. The molecule has 2 N–H and O–H groups in total. The fourth-order valence-electron chi connectivity index (χ4n) is 2.80. The molecule has 0 bridgehead atoms. The van der Waals surface area contributed by atoms with Crippen LogP contribution in [0.1, 0.15) is 17.7 Å². The molecule has 0 fully saturated rings. The summed E-state index contributed by atoms with van der Waals surface area (Å²) in [4.78, 5) is -0.791. The number of benzene rings is 2. The molecular formula is C18H13F6N3O3S. The molecule has 3 rings (SSSR count). The van der Waals surface area contributed by atoms with Gasteiger partial charge in [-0.3, -0.25) is 0 Å². The number of hydrogen-bond donors (Lipinski definition) is 1. The van der Waals surface area contributed by atoms with Crippen LogP contribution < -0.4 is 9.88 Å². The summed E-state index contributed by atoms with van der Waals surface area (Å²) in [5, 5.41) is 8.65. The van der Waals surface area contributed by atoms with E-state index in [1.54, 1.807) is 0 Å². The first kappa shape index (κ1) is 22.6. The maximum absolute atomic E-state index is 14.2. The van der Waals surface area contributed by atoms with Gasteiger partial charge in [-0.25, -0.2) is 31.4 Å². The van der Waals surface area contributed by atoms with Crippen LogP contribution >= 0.6 is 0 Å². The molecule has 0 aliphatic carbocycles. The maximum atomic E-state index is 14.2. The third-order valence-corrected chi connectivity index (χ3v) is 5.06. The van der Waals surface area contributed by atoms with E-state index in [0.29, 0.717) is 0 Å². The fourth-order valence-corrected chi connectivity index (χ4v) is 3.39. The van der Waals surface area contributed by atoms with E-state index in [2.05, 4.69) is 9.84 Å². The van der Waals surface area contributed by atoms with Crippen LogP contribution in [0.25, 0.3) is 16.9 Å². The number of rotatable bonds is 5. The molecule has 0 aliphatic rings. The zero-order valence-electron chi connectivity index (χ0n) is 15.5. The zero-order chi connectivity index (χ0) is 23.1. The maximum Gasteiger partial charge on any atom is 0.573 e. The molecule has 0 unspecified atom stereocenters. The predicted octanol–water partition coefficient (Wildman–Crippen LogP) is 4.47. The van der Waals surface area contributed by atoms with E-state index in [1.807, 2.05) is 0 Å². The van der Waals surface area contributed by atoms with Crippen molar-refractivity contribution >= 4 is 10.0 Å². The Morgan fingerprint density at radius 2 is 1.77 bits per heavy atom. The fraction of sp³-hybridized carbons (Fsp3) is 0.167. The largest absolute Gasteiger partial charge is 0.573 e. The highest BCUT2D eigenvalue weighted by atomic mass is 32.2. The average Bonchev–Trinajstić information content (AvgIpc) is 3.07. The minimum absolute atomic E-state index is 0.0161. The van der Waals surface area contributed by atoms with Gasteiger partial charge in [0.25, 0.3) is 6.43 Å². The first-order valence-corrected chi connectivity index (χ1v) is 9.88. The highest BCUT2D eigenvalue weighted by Crippen LogP contribution is 2.32. The van der Waals surface area contributed by atoms with Gasteiger partial charge in [0, 0.05) is 5.56 Å². The summed E-state index contributed by atoms with van der Waals surface area (Å²) in [5.74, 6) is -1.71. The summed E-state index contributed by atoms with van der Waals surface area (Å²) < 4.78 is 106. The lowest BCUT2D eigenvalue weighted by Crippen LogP contribution is -2.17. The molecule has 1 aromatic heterocycles. The molecule has 166 valence electrons. The summed E-state index contributed by atoms with van der Waals surface area (Å²) >= 11 is 0. The molecule has 0 atom stereocenters. The van der Waals surface area contributed by atoms with Gasteiger partial charge in [0.05, 0.1) is 11.4 Å². The summed E-state index contributed by atoms with van der Waals surface area (Å²) in [6.45, 7) is 1.31. The number of nitrogens with zero attached hydrogens (tertiary/aromatic N) is 2. The molecule has 0 aliphatic heterocycles. The number of alkyl halides is 5. The summed E-state index contributed by atoms with van der Waals surface area (Å²) in [6, 6.07) is 7.07. The van der Waals surface area contributed by atoms with E-state index in [4.69, 9.17) is 5.14 Å². The standard InChI is InChI=1S/C18H13F6N3O3S/c1-9-6-11(3-4-15(9)30-18(22,23)24)27-14(8-13(26-27)17(20)21)10-2-5-16(12(19)7-10)31(25,28)29/h2-8,17H,1H3,(H2,25,28,29). The molecule has 3 aromatic rings. The van der Waals surface area contributed by atoms with Gasteiger partial charge in [-0.15, -0.1) is 13.2 Å². The molecule has 0 spiro atoms. The molecule has 0 saturated heterocycles.